The molecule has 3 aromatic rings. The molecule has 0 saturated carbocycles. The highest BCUT2D eigenvalue weighted by molar-refractivity contribution is 5.89. The molecule has 2 N–H and O–H groups in total. The maximum atomic E-state index is 12.2. The lowest BCUT2D eigenvalue weighted by atomic mass is 9.86. The molecule has 7 nitrogen and oxygen atoms in total. The summed E-state index contributed by atoms with van der Waals surface area (Å²) >= 11 is 0. The normalized spacial score (nSPS) is 10.7. The maximum absolute atomic E-state index is 12.2. The SMILES string of the molecule is CC(C)(CNC(=O)Nc1ccc(Oc2ccnc(C#N)c2)cc1)c1cccnc1. The molecule has 0 aliphatic carbocycles. The highest BCUT2D eigenvalue weighted by Crippen LogP contribution is 2.23. The summed E-state index contributed by atoms with van der Waals surface area (Å²) in [5, 5.41) is 14.6. The lowest BCUT2D eigenvalue weighted by Crippen LogP contribution is -2.39. The second-order valence-corrected chi connectivity index (χ2v) is 7.05. The van der Waals surface area contributed by atoms with Crippen LogP contribution in [0.3, 0.4) is 0 Å². The number of urea groups is 1. The zero-order chi connectivity index (χ0) is 20.7. The van der Waals surface area contributed by atoms with Crippen LogP contribution in [-0.4, -0.2) is 22.5 Å². The number of ether oxygens (including phenoxy) is 1. The summed E-state index contributed by atoms with van der Waals surface area (Å²) in [7, 11) is 0. The Kier molecular flexibility index (Phi) is 6.05. The summed E-state index contributed by atoms with van der Waals surface area (Å²) in [5.74, 6) is 1.11. The first-order chi connectivity index (χ1) is 14.0. The molecule has 3 rings (SSSR count). The number of carbonyl (C=O) groups excluding carboxylic acids is 1. The monoisotopic (exact) mass is 387 g/mol. The number of rotatable bonds is 6. The minimum atomic E-state index is -0.288. The van der Waals surface area contributed by atoms with Gasteiger partial charge in [0.25, 0.3) is 0 Å². The zero-order valence-corrected chi connectivity index (χ0v) is 16.2. The van der Waals surface area contributed by atoms with Crippen LogP contribution in [0.5, 0.6) is 11.5 Å². The first-order valence-corrected chi connectivity index (χ1v) is 9.06. The predicted octanol–water partition coefficient (Wildman–Crippen LogP) is 4.24. The van der Waals surface area contributed by atoms with E-state index in [1.54, 1.807) is 48.8 Å². The van der Waals surface area contributed by atoms with Gasteiger partial charge >= 0.3 is 6.03 Å². The number of benzene rings is 1. The Morgan fingerprint density at radius 2 is 1.93 bits per heavy atom. The lowest BCUT2D eigenvalue weighted by Gasteiger charge is -2.25. The Labute approximate surface area is 169 Å². The van der Waals surface area contributed by atoms with Gasteiger partial charge in [-0.2, -0.15) is 5.26 Å². The van der Waals surface area contributed by atoms with Crippen LogP contribution in [0, 0.1) is 11.3 Å². The number of amides is 2. The van der Waals surface area contributed by atoms with Crippen molar-refractivity contribution in [3.63, 3.8) is 0 Å². The van der Waals surface area contributed by atoms with Gasteiger partial charge in [0.15, 0.2) is 0 Å². The molecule has 0 fully saturated rings. The lowest BCUT2D eigenvalue weighted by molar-refractivity contribution is 0.249. The van der Waals surface area contributed by atoms with Crippen molar-refractivity contribution in [1.82, 2.24) is 15.3 Å². The molecule has 0 aliphatic heterocycles. The fraction of sp³-hybridized carbons (Fsp3) is 0.182. The quantitative estimate of drug-likeness (QED) is 0.659. The third-order valence-corrected chi connectivity index (χ3v) is 4.33. The van der Waals surface area contributed by atoms with Crippen LogP contribution in [-0.2, 0) is 5.41 Å². The Morgan fingerprint density at radius 1 is 1.14 bits per heavy atom. The molecule has 2 amide bonds. The van der Waals surface area contributed by atoms with Gasteiger partial charge in [-0.05, 0) is 42.0 Å². The van der Waals surface area contributed by atoms with Gasteiger partial charge in [0, 0.05) is 42.3 Å². The molecule has 146 valence electrons. The molecule has 29 heavy (non-hydrogen) atoms. The fourth-order valence-corrected chi connectivity index (χ4v) is 2.62. The van der Waals surface area contributed by atoms with Crippen molar-refractivity contribution in [2.45, 2.75) is 19.3 Å². The molecule has 0 saturated heterocycles. The van der Waals surface area contributed by atoms with Gasteiger partial charge in [-0.3, -0.25) is 4.98 Å². The molecule has 0 unspecified atom stereocenters. The van der Waals surface area contributed by atoms with Crippen molar-refractivity contribution < 1.29 is 9.53 Å². The minimum Gasteiger partial charge on any atom is -0.457 e. The zero-order valence-electron chi connectivity index (χ0n) is 16.2. The average molecular weight is 387 g/mol. The topological polar surface area (TPSA) is 99.9 Å². The maximum Gasteiger partial charge on any atom is 0.319 e. The highest BCUT2D eigenvalue weighted by atomic mass is 16.5. The van der Waals surface area contributed by atoms with Crippen molar-refractivity contribution in [2.75, 3.05) is 11.9 Å². The first-order valence-electron chi connectivity index (χ1n) is 9.06. The van der Waals surface area contributed by atoms with E-state index in [0.29, 0.717) is 23.7 Å². The van der Waals surface area contributed by atoms with Gasteiger partial charge in [-0.15, -0.1) is 0 Å². The molecule has 2 aromatic heterocycles. The largest absolute Gasteiger partial charge is 0.457 e. The van der Waals surface area contributed by atoms with Crippen molar-refractivity contribution >= 4 is 11.7 Å². The van der Waals surface area contributed by atoms with E-state index in [2.05, 4.69) is 20.6 Å². The van der Waals surface area contributed by atoms with E-state index in [1.807, 2.05) is 32.0 Å². The van der Waals surface area contributed by atoms with E-state index in [1.165, 1.54) is 6.20 Å². The summed E-state index contributed by atoms with van der Waals surface area (Å²) in [4.78, 5) is 20.3. The molecule has 0 spiro atoms. The van der Waals surface area contributed by atoms with Gasteiger partial charge in [0.05, 0.1) is 0 Å². The summed E-state index contributed by atoms with van der Waals surface area (Å²) in [5.41, 5.74) is 1.74. The summed E-state index contributed by atoms with van der Waals surface area (Å²) in [6, 6.07) is 15.7. The van der Waals surface area contributed by atoms with Crippen molar-refractivity contribution in [3.05, 3.63) is 78.4 Å². The Morgan fingerprint density at radius 3 is 2.62 bits per heavy atom. The number of carbonyl (C=O) groups is 1. The standard InChI is InChI=1S/C22H21N5O2/c1-22(2,16-4-3-10-24-14-16)15-26-21(28)27-17-5-7-19(8-6-17)29-20-9-11-25-18(12-20)13-23/h3-12,14H,15H2,1-2H3,(H2,26,27,28). The van der Waals surface area contributed by atoms with E-state index in [4.69, 9.17) is 10.00 Å². The molecule has 0 bridgehead atoms. The minimum absolute atomic E-state index is 0.240. The molecule has 0 atom stereocenters. The predicted molar refractivity (Wildman–Crippen MR) is 110 cm³/mol. The molecular weight excluding hydrogens is 366 g/mol. The summed E-state index contributed by atoms with van der Waals surface area (Å²) in [6.07, 6.45) is 5.05. The average Bonchev–Trinajstić information content (AvgIpc) is 2.74. The number of nitriles is 1. The van der Waals surface area contributed by atoms with Crippen molar-refractivity contribution in [3.8, 4) is 17.6 Å². The third-order valence-electron chi connectivity index (χ3n) is 4.33. The Balaban J connectivity index is 1.54. The second-order valence-electron chi connectivity index (χ2n) is 7.05. The highest BCUT2D eigenvalue weighted by Gasteiger charge is 2.21. The van der Waals surface area contributed by atoms with Crippen LogP contribution in [0.1, 0.15) is 25.1 Å². The van der Waals surface area contributed by atoms with E-state index in [0.717, 1.165) is 5.56 Å². The molecule has 0 aliphatic rings. The van der Waals surface area contributed by atoms with E-state index < -0.39 is 0 Å². The molecule has 7 heteroatoms. The van der Waals surface area contributed by atoms with Crippen molar-refractivity contribution in [2.24, 2.45) is 0 Å². The second kappa shape index (κ2) is 8.85. The van der Waals surface area contributed by atoms with Crippen molar-refractivity contribution in [1.29, 1.82) is 5.26 Å². The summed E-state index contributed by atoms with van der Waals surface area (Å²) in [6.45, 7) is 4.56. The van der Waals surface area contributed by atoms with Gasteiger partial charge in [0.1, 0.15) is 23.3 Å². The number of hydrogen-bond acceptors (Lipinski definition) is 5. The van der Waals surface area contributed by atoms with Gasteiger partial charge in [-0.1, -0.05) is 19.9 Å². The number of pyridine rings is 2. The molecule has 2 heterocycles. The summed E-state index contributed by atoms with van der Waals surface area (Å²) < 4.78 is 5.70. The van der Waals surface area contributed by atoms with Gasteiger partial charge in [-0.25, -0.2) is 9.78 Å². The molecular formula is C22H21N5O2. The van der Waals surface area contributed by atoms with Gasteiger partial charge in [0.2, 0.25) is 0 Å². The fourth-order valence-electron chi connectivity index (χ4n) is 2.62. The van der Waals surface area contributed by atoms with Crippen LogP contribution >= 0.6 is 0 Å². The smallest absolute Gasteiger partial charge is 0.319 e. The number of nitrogens with zero attached hydrogens (tertiary/aromatic N) is 3. The number of aromatic nitrogens is 2. The molecule has 0 radical (unpaired) electrons. The molecule has 1 aromatic carbocycles. The third kappa shape index (κ3) is 5.53. The van der Waals surface area contributed by atoms with Crippen LogP contribution in [0.4, 0.5) is 10.5 Å². The van der Waals surface area contributed by atoms with E-state index >= 15 is 0 Å². The number of hydrogen-bond donors (Lipinski definition) is 2. The Bertz CT molecular complexity index is 1010. The van der Waals surface area contributed by atoms with Crippen LogP contribution < -0.4 is 15.4 Å². The Hall–Kier alpha value is -3.92. The number of nitrogens with one attached hydrogen (secondary N) is 2. The van der Waals surface area contributed by atoms with Crippen LogP contribution in [0.25, 0.3) is 0 Å². The van der Waals surface area contributed by atoms with Gasteiger partial charge < -0.3 is 15.4 Å². The van der Waals surface area contributed by atoms with Crippen LogP contribution in [0.15, 0.2) is 67.1 Å². The number of anilines is 1. The van der Waals surface area contributed by atoms with E-state index in [9.17, 15) is 4.79 Å². The first kappa shape index (κ1) is 19.8. The van der Waals surface area contributed by atoms with E-state index in [-0.39, 0.29) is 17.1 Å². The van der Waals surface area contributed by atoms with Crippen LogP contribution in [0.2, 0.25) is 0 Å².